The van der Waals surface area contributed by atoms with E-state index in [0.717, 1.165) is 23.3 Å². The molecule has 0 aliphatic rings. The van der Waals surface area contributed by atoms with Crippen molar-refractivity contribution in [3.05, 3.63) is 36.1 Å². The van der Waals surface area contributed by atoms with Crippen molar-refractivity contribution in [1.29, 1.82) is 0 Å². The second-order valence-electron chi connectivity index (χ2n) is 5.91. The minimum absolute atomic E-state index is 0.00759. The third kappa shape index (κ3) is 5.88. The van der Waals surface area contributed by atoms with Gasteiger partial charge >= 0.3 is 0 Å². The number of fused-ring (bicyclic) bond motifs is 1. The molecule has 132 valence electrons. The number of hydrogen-bond acceptors (Lipinski definition) is 4. The summed E-state index contributed by atoms with van der Waals surface area (Å²) in [5, 5.41) is 7.45. The van der Waals surface area contributed by atoms with Crippen LogP contribution in [0.25, 0.3) is 11.0 Å². The zero-order valence-electron chi connectivity index (χ0n) is 14.4. The van der Waals surface area contributed by atoms with E-state index in [1.165, 1.54) is 6.26 Å². The van der Waals surface area contributed by atoms with Crippen molar-refractivity contribution in [2.75, 3.05) is 18.6 Å². The number of para-hydroxylation sites is 1. The first-order chi connectivity index (χ1) is 11.4. The molecular formula is C17H25N3O3S. The fourth-order valence-corrected chi connectivity index (χ4v) is 3.07. The minimum atomic E-state index is -2.95. The molecule has 0 bridgehead atoms. The van der Waals surface area contributed by atoms with Crippen LogP contribution < -0.4 is 10.6 Å². The van der Waals surface area contributed by atoms with Gasteiger partial charge in [-0.1, -0.05) is 18.2 Å². The van der Waals surface area contributed by atoms with Crippen molar-refractivity contribution >= 4 is 26.8 Å². The summed E-state index contributed by atoms with van der Waals surface area (Å²) >= 11 is 0. The molecule has 0 radical (unpaired) electrons. The van der Waals surface area contributed by atoms with Gasteiger partial charge < -0.3 is 15.1 Å². The van der Waals surface area contributed by atoms with E-state index in [0.29, 0.717) is 18.9 Å². The Balaban J connectivity index is 1.99. The van der Waals surface area contributed by atoms with Crippen molar-refractivity contribution in [3.8, 4) is 0 Å². The lowest BCUT2D eigenvalue weighted by Gasteiger charge is -2.17. The molecule has 6 nitrogen and oxygen atoms in total. The van der Waals surface area contributed by atoms with Crippen LogP contribution in [0.5, 0.6) is 0 Å². The Morgan fingerprint density at radius 2 is 2.08 bits per heavy atom. The van der Waals surface area contributed by atoms with Crippen LogP contribution in [-0.2, 0) is 16.4 Å². The average Bonchev–Trinajstić information content (AvgIpc) is 2.93. The van der Waals surface area contributed by atoms with Crippen molar-refractivity contribution in [1.82, 2.24) is 10.6 Å². The first-order valence-corrected chi connectivity index (χ1v) is 10.1. The van der Waals surface area contributed by atoms with E-state index in [1.807, 2.05) is 44.2 Å². The van der Waals surface area contributed by atoms with Gasteiger partial charge in [-0.05, 0) is 32.4 Å². The molecule has 24 heavy (non-hydrogen) atoms. The molecule has 1 heterocycles. The Labute approximate surface area is 143 Å². The van der Waals surface area contributed by atoms with Gasteiger partial charge in [0.25, 0.3) is 0 Å². The van der Waals surface area contributed by atoms with Crippen LogP contribution in [-0.4, -0.2) is 39.0 Å². The largest absolute Gasteiger partial charge is 0.459 e. The van der Waals surface area contributed by atoms with Crippen LogP contribution in [0.15, 0.2) is 39.7 Å². The van der Waals surface area contributed by atoms with E-state index in [-0.39, 0.29) is 11.8 Å². The van der Waals surface area contributed by atoms with Gasteiger partial charge in [0.2, 0.25) is 0 Å². The molecule has 0 saturated heterocycles. The highest BCUT2D eigenvalue weighted by Crippen LogP contribution is 2.19. The Morgan fingerprint density at radius 1 is 1.33 bits per heavy atom. The molecule has 2 rings (SSSR count). The van der Waals surface area contributed by atoms with Gasteiger partial charge in [0.1, 0.15) is 27.7 Å². The fourth-order valence-electron chi connectivity index (χ4n) is 2.29. The van der Waals surface area contributed by atoms with Crippen molar-refractivity contribution in [3.63, 3.8) is 0 Å². The van der Waals surface area contributed by atoms with Gasteiger partial charge in [0.05, 0.1) is 5.75 Å². The predicted molar refractivity (Wildman–Crippen MR) is 98.0 cm³/mol. The van der Waals surface area contributed by atoms with Crippen molar-refractivity contribution < 1.29 is 12.8 Å². The highest BCUT2D eigenvalue weighted by molar-refractivity contribution is 7.90. The normalized spacial score (nSPS) is 13.9. The van der Waals surface area contributed by atoms with Crippen LogP contribution in [0, 0.1) is 0 Å². The lowest BCUT2D eigenvalue weighted by atomic mass is 10.2. The minimum Gasteiger partial charge on any atom is -0.459 e. The number of sulfone groups is 1. The molecular weight excluding hydrogens is 326 g/mol. The summed E-state index contributed by atoms with van der Waals surface area (Å²) in [6, 6.07) is 9.83. The zero-order valence-corrected chi connectivity index (χ0v) is 15.2. The summed E-state index contributed by atoms with van der Waals surface area (Å²) in [4.78, 5) is 4.51. The maximum absolute atomic E-state index is 11.3. The van der Waals surface area contributed by atoms with Gasteiger partial charge in [-0.3, -0.25) is 0 Å². The number of rotatable bonds is 7. The van der Waals surface area contributed by atoms with Crippen LogP contribution in [0.4, 0.5) is 0 Å². The number of benzene rings is 1. The summed E-state index contributed by atoms with van der Waals surface area (Å²) in [6.45, 7) is 5.08. The lowest BCUT2D eigenvalue weighted by Crippen LogP contribution is -2.42. The molecule has 0 aliphatic heterocycles. The number of nitrogens with one attached hydrogen (secondary N) is 2. The molecule has 2 N–H and O–H groups in total. The molecule has 0 amide bonds. The lowest BCUT2D eigenvalue weighted by molar-refractivity contribution is 0.549. The maximum atomic E-state index is 11.3. The van der Waals surface area contributed by atoms with Gasteiger partial charge in [0.15, 0.2) is 5.96 Å². The Kier molecular flexibility index (Phi) is 6.25. The summed E-state index contributed by atoms with van der Waals surface area (Å²) in [5.41, 5.74) is 0.849. The summed E-state index contributed by atoms with van der Waals surface area (Å²) < 4.78 is 28.3. The standard InChI is InChI=1S/C17H25N3O3S/c1-4-18-17(20-13(2)9-10-24(3,21)22)19-12-15-11-14-7-5-6-8-16(14)23-15/h5-8,11,13H,4,9-10,12H2,1-3H3,(H2,18,19,20). The van der Waals surface area contributed by atoms with Gasteiger partial charge in [-0.2, -0.15) is 0 Å². The summed E-state index contributed by atoms with van der Waals surface area (Å²) in [6.07, 6.45) is 1.79. The SMILES string of the molecule is CCNC(=NCc1cc2ccccc2o1)NC(C)CCS(C)(=O)=O. The van der Waals surface area contributed by atoms with E-state index in [2.05, 4.69) is 15.6 Å². The third-order valence-corrected chi connectivity index (χ3v) is 4.50. The predicted octanol–water partition coefficient (Wildman–Crippen LogP) is 2.31. The van der Waals surface area contributed by atoms with E-state index in [9.17, 15) is 8.42 Å². The first kappa shape index (κ1) is 18.3. The molecule has 0 fully saturated rings. The Morgan fingerprint density at radius 3 is 2.75 bits per heavy atom. The van der Waals surface area contributed by atoms with Crippen molar-refractivity contribution in [2.45, 2.75) is 32.9 Å². The van der Waals surface area contributed by atoms with E-state index >= 15 is 0 Å². The van der Waals surface area contributed by atoms with Crippen LogP contribution in [0.1, 0.15) is 26.0 Å². The highest BCUT2D eigenvalue weighted by atomic mass is 32.2. The molecule has 1 unspecified atom stereocenters. The second kappa shape index (κ2) is 8.19. The van der Waals surface area contributed by atoms with Gasteiger partial charge in [-0.25, -0.2) is 13.4 Å². The van der Waals surface area contributed by atoms with Crippen LogP contribution >= 0.6 is 0 Å². The molecule has 2 aromatic rings. The van der Waals surface area contributed by atoms with Crippen LogP contribution in [0.3, 0.4) is 0 Å². The van der Waals surface area contributed by atoms with Crippen LogP contribution in [0.2, 0.25) is 0 Å². The van der Waals surface area contributed by atoms with Gasteiger partial charge in [0, 0.05) is 24.2 Å². The van der Waals surface area contributed by atoms with Gasteiger partial charge in [-0.15, -0.1) is 0 Å². The monoisotopic (exact) mass is 351 g/mol. The molecule has 1 aromatic heterocycles. The Hall–Kier alpha value is -2.02. The molecule has 1 atom stereocenters. The summed E-state index contributed by atoms with van der Waals surface area (Å²) in [7, 11) is -2.95. The van der Waals surface area contributed by atoms with E-state index in [1.54, 1.807) is 0 Å². The average molecular weight is 351 g/mol. The molecule has 0 saturated carbocycles. The Bertz CT molecular complexity index is 763. The highest BCUT2D eigenvalue weighted by Gasteiger charge is 2.10. The molecule has 0 aliphatic carbocycles. The number of furan rings is 1. The number of guanidine groups is 1. The summed E-state index contributed by atoms with van der Waals surface area (Å²) in [5.74, 6) is 1.60. The number of aliphatic imine (C=N–C) groups is 1. The number of nitrogens with zero attached hydrogens (tertiary/aromatic N) is 1. The molecule has 0 spiro atoms. The zero-order chi connectivity index (χ0) is 17.6. The third-order valence-electron chi connectivity index (χ3n) is 3.52. The molecule has 1 aromatic carbocycles. The first-order valence-electron chi connectivity index (χ1n) is 8.07. The van der Waals surface area contributed by atoms with E-state index < -0.39 is 9.84 Å². The topological polar surface area (TPSA) is 83.7 Å². The second-order valence-corrected chi connectivity index (χ2v) is 8.17. The smallest absolute Gasteiger partial charge is 0.191 e. The number of hydrogen-bond donors (Lipinski definition) is 2. The maximum Gasteiger partial charge on any atom is 0.191 e. The van der Waals surface area contributed by atoms with Crippen molar-refractivity contribution in [2.24, 2.45) is 4.99 Å². The quantitative estimate of drug-likeness (QED) is 0.591. The van der Waals surface area contributed by atoms with E-state index in [4.69, 9.17) is 4.42 Å². The fraction of sp³-hybridized carbons (Fsp3) is 0.471. The molecule has 7 heteroatoms.